The summed E-state index contributed by atoms with van der Waals surface area (Å²) >= 11 is 6.48. The van der Waals surface area contributed by atoms with Gasteiger partial charge in [0, 0.05) is 56.1 Å². The summed E-state index contributed by atoms with van der Waals surface area (Å²) in [6.45, 7) is 0. The first-order valence-corrected chi connectivity index (χ1v) is 13.1. The van der Waals surface area contributed by atoms with Gasteiger partial charge in [0.2, 0.25) is 0 Å². The molecule has 4 aromatic rings. The standard InChI is InChI=1S/C25H27ClN6O2S/c1-30(2)25(33)16-8-9-21(20(26)10-16)29-24-12-23-17(13-27-24)11-22(18-14-28-31(3)15-18)32(23)35(34)19-6-4-5-7-19/h8-15,19H,4-7H2,1-3H3,(H,27,29). The van der Waals surface area contributed by atoms with E-state index in [1.165, 1.54) is 4.90 Å². The van der Waals surface area contributed by atoms with Crippen LogP contribution in [-0.2, 0) is 18.0 Å². The Labute approximate surface area is 211 Å². The van der Waals surface area contributed by atoms with Crippen LogP contribution in [0.15, 0.2) is 48.9 Å². The third-order valence-corrected chi connectivity index (χ3v) is 8.40. The fraction of sp³-hybridized carbons (Fsp3) is 0.320. The molecule has 0 bridgehead atoms. The second-order valence-corrected chi connectivity index (χ2v) is 11.0. The molecule has 1 saturated carbocycles. The van der Waals surface area contributed by atoms with Crippen LogP contribution >= 0.6 is 11.6 Å². The van der Waals surface area contributed by atoms with E-state index in [0.29, 0.717) is 22.1 Å². The van der Waals surface area contributed by atoms with Gasteiger partial charge in [-0.2, -0.15) is 5.10 Å². The molecule has 8 nitrogen and oxygen atoms in total. The zero-order valence-corrected chi connectivity index (χ0v) is 21.4. The number of pyridine rings is 1. The molecule has 1 aliphatic carbocycles. The molecule has 1 atom stereocenters. The summed E-state index contributed by atoms with van der Waals surface area (Å²) < 4.78 is 17.4. The van der Waals surface area contributed by atoms with Gasteiger partial charge in [0.15, 0.2) is 0 Å². The van der Waals surface area contributed by atoms with E-state index in [9.17, 15) is 9.00 Å². The molecular weight excluding hydrogens is 484 g/mol. The maximum atomic E-state index is 13.8. The molecule has 10 heteroatoms. The van der Waals surface area contributed by atoms with E-state index in [2.05, 4.69) is 15.4 Å². The summed E-state index contributed by atoms with van der Waals surface area (Å²) in [6, 6.07) is 9.06. The van der Waals surface area contributed by atoms with Crippen LogP contribution in [0.3, 0.4) is 0 Å². The van der Waals surface area contributed by atoms with Crippen molar-refractivity contribution in [3.8, 4) is 11.3 Å². The Kier molecular flexibility index (Phi) is 6.37. The van der Waals surface area contributed by atoms with Gasteiger partial charge in [-0.15, -0.1) is 0 Å². The van der Waals surface area contributed by atoms with Crippen LogP contribution in [0.2, 0.25) is 5.02 Å². The summed E-state index contributed by atoms with van der Waals surface area (Å²) in [6.07, 6.45) is 9.63. The van der Waals surface area contributed by atoms with Gasteiger partial charge in [-0.1, -0.05) is 24.4 Å². The van der Waals surface area contributed by atoms with Crippen molar-refractivity contribution in [3.05, 3.63) is 59.5 Å². The number of rotatable bonds is 6. The first-order valence-electron chi connectivity index (χ1n) is 11.5. The smallest absolute Gasteiger partial charge is 0.253 e. The molecule has 5 rings (SSSR count). The maximum absolute atomic E-state index is 13.8. The minimum Gasteiger partial charge on any atom is -0.345 e. The number of halogens is 1. The monoisotopic (exact) mass is 510 g/mol. The summed E-state index contributed by atoms with van der Waals surface area (Å²) in [4.78, 5) is 18.3. The highest BCUT2D eigenvalue weighted by Gasteiger charge is 2.27. The molecular formula is C25H27ClN6O2S. The molecule has 1 N–H and O–H groups in total. The number of anilines is 2. The Morgan fingerprint density at radius 1 is 1.17 bits per heavy atom. The number of hydrogen-bond acceptors (Lipinski definition) is 5. The van der Waals surface area contributed by atoms with Gasteiger partial charge in [-0.3, -0.25) is 13.4 Å². The van der Waals surface area contributed by atoms with Gasteiger partial charge in [0.1, 0.15) is 16.8 Å². The number of aryl methyl sites for hydroxylation is 1. The highest BCUT2D eigenvalue weighted by Crippen LogP contribution is 2.34. The highest BCUT2D eigenvalue weighted by atomic mass is 35.5. The van der Waals surface area contributed by atoms with Gasteiger partial charge >= 0.3 is 0 Å². The van der Waals surface area contributed by atoms with Crippen LogP contribution in [0.4, 0.5) is 11.5 Å². The topological polar surface area (TPSA) is 85.1 Å². The molecule has 3 heterocycles. The van der Waals surface area contributed by atoms with Crippen molar-refractivity contribution in [1.29, 1.82) is 0 Å². The number of hydrogen-bond donors (Lipinski definition) is 1. The molecule has 0 spiro atoms. The third-order valence-electron chi connectivity index (χ3n) is 6.29. The van der Waals surface area contributed by atoms with Crippen molar-refractivity contribution in [1.82, 2.24) is 23.6 Å². The minimum absolute atomic E-state index is 0.117. The fourth-order valence-electron chi connectivity index (χ4n) is 4.48. The van der Waals surface area contributed by atoms with Crippen molar-refractivity contribution in [2.24, 2.45) is 7.05 Å². The molecule has 0 saturated heterocycles. The van der Waals surface area contributed by atoms with Crippen LogP contribution in [0.25, 0.3) is 22.2 Å². The van der Waals surface area contributed by atoms with E-state index in [4.69, 9.17) is 11.6 Å². The molecule has 0 radical (unpaired) electrons. The lowest BCUT2D eigenvalue weighted by Crippen LogP contribution is -2.21. The predicted molar refractivity (Wildman–Crippen MR) is 140 cm³/mol. The molecule has 1 fully saturated rings. The predicted octanol–water partition coefficient (Wildman–Crippen LogP) is 4.99. The van der Waals surface area contributed by atoms with E-state index >= 15 is 0 Å². The Bertz CT molecular complexity index is 1440. The molecule has 1 amide bonds. The van der Waals surface area contributed by atoms with Crippen LogP contribution in [-0.4, -0.2) is 53.1 Å². The Morgan fingerprint density at radius 2 is 1.94 bits per heavy atom. The largest absolute Gasteiger partial charge is 0.345 e. The van der Waals surface area contributed by atoms with Crippen molar-refractivity contribution in [2.75, 3.05) is 19.4 Å². The van der Waals surface area contributed by atoms with Gasteiger partial charge in [0.25, 0.3) is 5.91 Å². The number of aromatic nitrogens is 4. The number of nitrogens with one attached hydrogen (secondary N) is 1. The fourth-order valence-corrected chi connectivity index (χ4v) is 6.45. The third kappa shape index (κ3) is 4.58. The van der Waals surface area contributed by atoms with Crippen LogP contribution < -0.4 is 5.32 Å². The Hall–Kier alpha value is -3.17. The molecule has 0 aliphatic heterocycles. The zero-order valence-electron chi connectivity index (χ0n) is 19.9. The van der Waals surface area contributed by atoms with Crippen LogP contribution in [0, 0.1) is 0 Å². The number of nitrogens with zero attached hydrogens (tertiary/aromatic N) is 5. The Balaban J connectivity index is 1.54. The van der Waals surface area contributed by atoms with E-state index < -0.39 is 11.0 Å². The lowest BCUT2D eigenvalue weighted by molar-refractivity contribution is 0.0827. The highest BCUT2D eigenvalue weighted by molar-refractivity contribution is 7.84. The lowest BCUT2D eigenvalue weighted by Gasteiger charge is -2.15. The van der Waals surface area contributed by atoms with Crippen LogP contribution in [0.1, 0.15) is 36.0 Å². The second-order valence-electron chi connectivity index (χ2n) is 9.06. The van der Waals surface area contributed by atoms with Gasteiger partial charge in [-0.25, -0.2) is 9.19 Å². The number of carbonyl (C=O) groups is 1. The van der Waals surface area contributed by atoms with Gasteiger partial charge in [0.05, 0.1) is 33.4 Å². The van der Waals surface area contributed by atoms with Crippen molar-refractivity contribution in [3.63, 3.8) is 0 Å². The van der Waals surface area contributed by atoms with E-state index in [1.807, 2.05) is 29.3 Å². The van der Waals surface area contributed by atoms with Gasteiger partial charge < -0.3 is 10.2 Å². The van der Waals surface area contributed by atoms with E-state index in [-0.39, 0.29) is 11.2 Å². The number of amides is 1. The average molecular weight is 511 g/mol. The van der Waals surface area contributed by atoms with Crippen molar-refractivity contribution >= 4 is 50.9 Å². The van der Waals surface area contributed by atoms with E-state index in [1.54, 1.807) is 49.4 Å². The Morgan fingerprint density at radius 3 is 2.60 bits per heavy atom. The molecule has 182 valence electrons. The van der Waals surface area contributed by atoms with Crippen LogP contribution in [0.5, 0.6) is 0 Å². The molecule has 1 aromatic carbocycles. The summed E-state index contributed by atoms with van der Waals surface area (Å²) in [7, 11) is 4.05. The SMILES string of the molecule is CN(C)C(=O)c1ccc(Nc2cc3c(cn2)cc(-c2cnn(C)c2)n3S(=O)C2CCCC2)c(Cl)c1. The summed E-state index contributed by atoms with van der Waals surface area (Å²) in [5.74, 6) is 0.458. The first-order chi connectivity index (χ1) is 16.8. The summed E-state index contributed by atoms with van der Waals surface area (Å²) in [5, 5.41) is 9.01. The van der Waals surface area contributed by atoms with Gasteiger partial charge in [-0.05, 0) is 37.1 Å². The normalized spacial score (nSPS) is 15.0. The number of carbonyl (C=O) groups excluding carboxylic acids is 1. The average Bonchev–Trinajstić information content (AvgIpc) is 3.59. The molecule has 3 aromatic heterocycles. The van der Waals surface area contributed by atoms with E-state index in [0.717, 1.165) is 47.8 Å². The summed E-state index contributed by atoms with van der Waals surface area (Å²) in [5.41, 5.74) is 3.75. The quantitative estimate of drug-likeness (QED) is 0.395. The number of benzene rings is 1. The van der Waals surface area contributed by atoms with Crippen molar-refractivity contribution < 1.29 is 9.00 Å². The van der Waals surface area contributed by atoms with Crippen molar-refractivity contribution in [2.45, 2.75) is 30.9 Å². The number of fused-ring (bicyclic) bond motifs is 1. The minimum atomic E-state index is -1.22. The maximum Gasteiger partial charge on any atom is 0.253 e. The lowest BCUT2D eigenvalue weighted by atomic mass is 10.2. The molecule has 1 aliphatic rings. The molecule has 1 unspecified atom stereocenters. The first kappa shape index (κ1) is 23.6. The second kappa shape index (κ2) is 9.47. The zero-order chi connectivity index (χ0) is 24.7. The molecule has 35 heavy (non-hydrogen) atoms.